The Morgan fingerprint density at radius 3 is 3.00 bits per heavy atom. The highest BCUT2D eigenvalue weighted by Gasteiger charge is 2.20. The van der Waals surface area contributed by atoms with E-state index in [0.29, 0.717) is 18.7 Å². The second-order valence-corrected chi connectivity index (χ2v) is 4.54. The second-order valence-electron chi connectivity index (χ2n) is 4.54. The molecule has 1 N–H and O–H groups in total. The van der Waals surface area contributed by atoms with Gasteiger partial charge in [0.25, 0.3) is 0 Å². The molecule has 100 valence electrons. The highest BCUT2D eigenvalue weighted by Crippen LogP contribution is 2.22. The molecule has 1 aliphatic heterocycles. The Kier molecular flexibility index (Phi) is 5.11. The summed E-state index contributed by atoms with van der Waals surface area (Å²) >= 11 is 0. The Morgan fingerprint density at radius 2 is 2.33 bits per heavy atom. The average Bonchev–Trinajstić information content (AvgIpc) is 2.88. The standard InChI is InChI=1S/C14H20FNO2/c1-16-9-14(12-6-2-3-7-13(12)15)18-10-11-5-4-8-17-11/h2-3,6-7,11,14,16H,4-5,8-10H2,1H3. The van der Waals surface area contributed by atoms with Crippen molar-refractivity contribution in [3.63, 3.8) is 0 Å². The van der Waals surface area contributed by atoms with Crippen LogP contribution >= 0.6 is 0 Å². The summed E-state index contributed by atoms with van der Waals surface area (Å²) in [7, 11) is 1.84. The van der Waals surface area contributed by atoms with E-state index in [1.807, 2.05) is 13.1 Å². The predicted molar refractivity (Wildman–Crippen MR) is 68.0 cm³/mol. The number of rotatable bonds is 6. The van der Waals surface area contributed by atoms with Gasteiger partial charge in [-0.15, -0.1) is 0 Å². The van der Waals surface area contributed by atoms with E-state index in [1.54, 1.807) is 12.1 Å². The molecule has 1 fully saturated rings. The number of ether oxygens (including phenoxy) is 2. The Balaban J connectivity index is 1.96. The van der Waals surface area contributed by atoms with Crippen LogP contribution in [0.25, 0.3) is 0 Å². The number of halogens is 1. The van der Waals surface area contributed by atoms with Gasteiger partial charge in [0.1, 0.15) is 5.82 Å². The molecule has 0 aliphatic carbocycles. The van der Waals surface area contributed by atoms with Crippen LogP contribution in [-0.4, -0.2) is 32.9 Å². The summed E-state index contributed by atoms with van der Waals surface area (Å²) in [4.78, 5) is 0. The van der Waals surface area contributed by atoms with Crippen molar-refractivity contribution in [1.82, 2.24) is 5.32 Å². The number of hydrogen-bond acceptors (Lipinski definition) is 3. The molecule has 0 aromatic heterocycles. The van der Waals surface area contributed by atoms with Crippen LogP contribution in [0.2, 0.25) is 0 Å². The van der Waals surface area contributed by atoms with Crippen molar-refractivity contribution in [3.05, 3.63) is 35.6 Å². The lowest BCUT2D eigenvalue weighted by atomic mass is 10.1. The molecule has 0 saturated carbocycles. The van der Waals surface area contributed by atoms with Crippen LogP contribution in [-0.2, 0) is 9.47 Å². The van der Waals surface area contributed by atoms with Gasteiger partial charge in [-0.1, -0.05) is 18.2 Å². The van der Waals surface area contributed by atoms with Crippen molar-refractivity contribution in [2.45, 2.75) is 25.0 Å². The van der Waals surface area contributed by atoms with Gasteiger partial charge in [0.2, 0.25) is 0 Å². The third-order valence-corrected chi connectivity index (χ3v) is 3.15. The molecule has 18 heavy (non-hydrogen) atoms. The fourth-order valence-corrected chi connectivity index (χ4v) is 2.18. The molecule has 2 unspecified atom stereocenters. The van der Waals surface area contributed by atoms with Gasteiger partial charge in [-0.25, -0.2) is 4.39 Å². The molecule has 1 heterocycles. The van der Waals surface area contributed by atoms with Crippen LogP contribution < -0.4 is 5.32 Å². The maximum Gasteiger partial charge on any atom is 0.129 e. The van der Waals surface area contributed by atoms with E-state index in [9.17, 15) is 4.39 Å². The first-order chi connectivity index (χ1) is 8.81. The normalized spacial score (nSPS) is 21.1. The molecule has 2 atom stereocenters. The van der Waals surface area contributed by atoms with Crippen LogP contribution in [0.5, 0.6) is 0 Å². The molecule has 0 bridgehead atoms. The van der Waals surface area contributed by atoms with E-state index in [4.69, 9.17) is 9.47 Å². The van der Waals surface area contributed by atoms with Gasteiger partial charge in [0.05, 0.1) is 18.8 Å². The van der Waals surface area contributed by atoms with Gasteiger partial charge in [-0.2, -0.15) is 0 Å². The maximum atomic E-state index is 13.7. The minimum absolute atomic E-state index is 0.163. The first-order valence-electron chi connectivity index (χ1n) is 6.43. The Morgan fingerprint density at radius 1 is 1.50 bits per heavy atom. The largest absolute Gasteiger partial charge is 0.376 e. The van der Waals surface area contributed by atoms with Crippen LogP contribution in [0.4, 0.5) is 4.39 Å². The zero-order valence-electron chi connectivity index (χ0n) is 10.7. The van der Waals surface area contributed by atoms with E-state index < -0.39 is 0 Å². The van der Waals surface area contributed by atoms with Gasteiger partial charge in [-0.3, -0.25) is 0 Å². The summed E-state index contributed by atoms with van der Waals surface area (Å²) in [5.74, 6) is -0.218. The van der Waals surface area contributed by atoms with E-state index >= 15 is 0 Å². The molecule has 1 aromatic rings. The lowest BCUT2D eigenvalue weighted by molar-refractivity contribution is -0.0215. The highest BCUT2D eigenvalue weighted by atomic mass is 19.1. The summed E-state index contributed by atoms with van der Waals surface area (Å²) in [6, 6.07) is 6.76. The molecule has 1 aromatic carbocycles. The fourth-order valence-electron chi connectivity index (χ4n) is 2.18. The first-order valence-corrected chi connectivity index (χ1v) is 6.43. The Hall–Kier alpha value is -0.970. The SMILES string of the molecule is CNCC(OCC1CCCO1)c1ccccc1F. The Bertz CT molecular complexity index is 367. The molecule has 1 aliphatic rings. The molecule has 2 rings (SSSR count). The zero-order valence-corrected chi connectivity index (χ0v) is 10.7. The van der Waals surface area contributed by atoms with E-state index in [1.165, 1.54) is 6.07 Å². The number of benzene rings is 1. The monoisotopic (exact) mass is 253 g/mol. The summed E-state index contributed by atoms with van der Waals surface area (Å²) in [5, 5.41) is 3.04. The van der Waals surface area contributed by atoms with Crippen molar-refractivity contribution in [2.24, 2.45) is 0 Å². The molecular weight excluding hydrogens is 233 g/mol. The average molecular weight is 253 g/mol. The molecule has 1 saturated heterocycles. The van der Waals surface area contributed by atoms with Gasteiger partial charge in [-0.05, 0) is 26.0 Å². The van der Waals surface area contributed by atoms with Crippen molar-refractivity contribution < 1.29 is 13.9 Å². The summed E-state index contributed by atoms with van der Waals surface area (Å²) in [6.45, 7) is 1.93. The van der Waals surface area contributed by atoms with Crippen LogP contribution in [0.15, 0.2) is 24.3 Å². The van der Waals surface area contributed by atoms with Crippen molar-refractivity contribution in [1.29, 1.82) is 0 Å². The Labute approximate surface area is 107 Å². The third-order valence-electron chi connectivity index (χ3n) is 3.15. The number of hydrogen-bond donors (Lipinski definition) is 1. The lowest BCUT2D eigenvalue weighted by Crippen LogP contribution is -2.24. The van der Waals surface area contributed by atoms with Gasteiger partial charge in [0.15, 0.2) is 0 Å². The molecule has 4 heteroatoms. The molecule has 0 spiro atoms. The second kappa shape index (κ2) is 6.83. The number of nitrogens with one attached hydrogen (secondary N) is 1. The molecule has 0 amide bonds. The van der Waals surface area contributed by atoms with Gasteiger partial charge in [0, 0.05) is 18.7 Å². The number of likely N-dealkylation sites (N-methyl/N-ethyl adjacent to an activating group) is 1. The van der Waals surface area contributed by atoms with E-state index in [2.05, 4.69) is 5.32 Å². The molecule has 0 radical (unpaired) electrons. The smallest absolute Gasteiger partial charge is 0.129 e. The van der Waals surface area contributed by atoms with Crippen LogP contribution in [0, 0.1) is 5.82 Å². The summed E-state index contributed by atoms with van der Waals surface area (Å²) in [6.07, 6.45) is 2.02. The molecule has 3 nitrogen and oxygen atoms in total. The maximum absolute atomic E-state index is 13.7. The third kappa shape index (κ3) is 3.51. The minimum Gasteiger partial charge on any atom is -0.376 e. The van der Waals surface area contributed by atoms with Crippen molar-refractivity contribution in [3.8, 4) is 0 Å². The quantitative estimate of drug-likeness (QED) is 0.843. The van der Waals surface area contributed by atoms with Gasteiger partial charge >= 0.3 is 0 Å². The van der Waals surface area contributed by atoms with E-state index in [0.717, 1.165) is 19.4 Å². The predicted octanol–water partition coefficient (Wildman–Crippen LogP) is 2.28. The molecular formula is C14H20FNO2. The minimum atomic E-state index is -0.264. The first kappa shape index (κ1) is 13.5. The van der Waals surface area contributed by atoms with Crippen molar-refractivity contribution >= 4 is 0 Å². The highest BCUT2D eigenvalue weighted by molar-refractivity contribution is 5.20. The summed E-state index contributed by atoms with van der Waals surface area (Å²) in [5.41, 5.74) is 0.602. The van der Waals surface area contributed by atoms with Crippen molar-refractivity contribution in [2.75, 3.05) is 26.8 Å². The van der Waals surface area contributed by atoms with Crippen LogP contribution in [0.3, 0.4) is 0 Å². The lowest BCUT2D eigenvalue weighted by Gasteiger charge is -2.20. The zero-order chi connectivity index (χ0) is 12.8. The van der Waals surface area contributed by atoms with Gasteiger partial charge < -0.3 is 14.8 Å². The van der Waals surface area contributed by atoms with E-state index in [-0.39, 0.29) is 18.0 Å². The fraction of sp³-hybridized carbons (Fsp3) is 0.571. The summed E-state index contributed by atoms with van der Waals surface area (Å²) < 4.78 is 25.0. The van der Waals surface area contributed by atoms with Crippen LogP contribution in [0.1, 0.15) is 24.5 Å². The topological polar surface area (TPSA) is 30.5 Å².